The Morgan fingerprint density at radius 3 is 1.81 bits per heavy atom. The van der Waals surface area contributed by atoms with Crippen LogP contribution in [0, 0.1) is 0 Å². The number of ether oxygens (including phenoxy) is 3. The molecule has 1 aromatic heterocycles. The lowest BCUT2D eigenvalue weighted by Crippen LogP contribution is -2.53. The molecule has 0 aliphatic rings. The maximum atomic E-state index is 14.6. The van der Waals surface area contributed by atoms with Crippen molar-refractivity contribution in [3.05, 3.63) is 119 Å². The zero-order chi connectivity index (χ0) is 42.8. The molecule has 5 N–H and O–H groups in total. The molecule has 4 aromatic rings. The summed E-state index contributed by atoms with van der Waals surface area (Å²) in [5.41, 5.74) is 0.332. The molecule has 0 saturated heterocycles. The first-order valence-corrected chi connectivity index (χ1v) is 20.1. The van der Waals surface area contributed by atoms with Gasteiger partial charge >= 0.3 is 18.1 Å². The highest BCUT2D eigenvalue weighted by atomic mass is 16.6. The second-order valence-corrected chi connectivity index (χ2v) is 15.1. The van der Waals surface area contributed by atoms with E-state index in [4.69, 9.17) is 18.7 Å². The second-order valence-electron chi connectivity index (χ2n) is 15.1. The summed E-state index contributed by atoms with van der Waals surface area (Å²) < 4.78 is 22.7. The molecule has 0 aliphatic carbocycles. The third-order valence-electron chi connectivity index (χ3n) is 9.23. The van der Waals surface area contributed by atoms with Crippen LogP contribution >= 0.6 is 0 Å². The number of alkyl carbamates (subject to hydrolysis) is 1. The average Bonchev–Trinajstić information content (AvgIpc) is 3.71. The van der Waals surface area contributed by atoms with Crippen LogP contribution in [-0.2, 0) is 29.3 Å². The van der Waals surface area contributed by atoms with Crippen LogP contribution in [0.2, 0.25) is 0 Å². The standard InChI is InChI=1S/C44H58N6O9/c1-7-9-26-56-29-35(46-42(55)58-43(4,5)6)38-48-39(59-50-38)34(45-41(54)47-37(40(52)53)30(3)57-27-10-8-2)28-36(51)49-44(31-20-14-11-15-21-31,32-22-16-12-17-23-32)33-24-18-13-19-25-33/h11-25,30,34-35,37H,7-10,26-29H2,1-6H3,(H,46,55)(H,49,51)(H,52,53)(H2,45,47,54)/t30?,34-,35-,37-/m0/s1. The van der Waals surface area contributed by atoms with Crippen LogP contribution in [0.3, 0.4) is 0 Å². The molecular formula is C44H58N6O9. The van der Waals surface area contributed by atoms with Gasteiger partial charge in [0.2, 0.25) is 11.8 Å². The van der Waals surface area contributed by atoms with Gasteiger partial charge in [-0.25, -0.2) is 14.4 Å². The fraction of sp³-hybridized carbons (Fsp3) is 0.455. The van der Waals surface area contributed by atoms with E-state index in [-0.39, 0.29) is 18.3 Å². The highest BCUT2D eigenvalue weighted by molar-refractivity contribution is 5.84. The number of amides is 4. The smallest absolute Gasteiger partial charge is 0.408 e. The Balaban J connectivity index is 1.73. The Kier molecular flexibility index (Phi) is 17.4. The third kappa shape index (κ3) is 13.6. The minimum absolute atomic E-state index is 0.00327. The average molecular weight is 815 g/mol. The van der Waals surface area contributed by atoms with E-state index < -0.39 is 65.8 Å². The molecule has 4 atom stereocenters. The normalized spacial score (nSPS) is 13.7. The second kappa shape index (κ2) is 22.4. The van der Waals surface area contributed by atoms with E-state index in [1.165, 1.54) is 0 Å². The summed E-state index contributed by atoms with van der Waals surface area (Å²) in [4.78, 5) is 58.0. The number of carbonyl (C=O) groups excluding carboxylic acids is 3. The molecule has 59 heavy (non-hydrogen) atoms. The minimum Gasteiger partial charge on any atom is -0.480 e. The Morgan fingerprint density at radius 2 is 1.31 bits per heavy atom. The van der Waals surface area contributed by atoms with Crippen LogP contribution in [0.5, 0.6) is 0 Å². The van der Waals surface area contributed by atoms with Gasteiger partial charge in [-0.15, -0.1) is 0 Å². The van der Waals surface area contributed by atoms with E-state index in [9.17, 15) is 24.3 Å². The number of unbranched alkanes of at least 4 members (excludes halogenated alkanes) is 2. The number of carboxylic acids is 1. The molecule has 4 amide bonds. The van der Waals surface area contributed by atoms with Crippen molar-refractivity contribution in [1.82, 2.24) is 31.4 Å². The molecule has 0 bridgehead atoms. The first-order valence-electron chi connectivity index (χ1n) is 20.1. The Hall–Kier alpha value is -5.80. The highest BCUT2D eigenvalue weighted by Crippen LogP contribution is 2.37. The lowest BCUT2D eigenvalue weighted by Gasteiger charge is -2.37. The summed E-state index contributed by atoms with van der Waals surface area (Å²) in [6, 6.07) is 23.9. The van der Waals surface area contributed by atoms with Gasteiger partial charge in [-0.2, -0.15) is 4.98 Å². The molecule has 0 radical (unpaired) electrons. The number of nitrogens with zero attached hydrogens (tertiary/aromatic N) is 2. The van der Waals surface area contributed by atoms with Gasteiger partial charge < -0.3 is 45.1 Å². The van der Waals surface area contributed by atoms with Gasteiger partial charge in [0.15, 0.2) is 11.9 Å². The maximum absolute atomic E-state index is 14.6. The quantitative estimate of drug-likeness (QED) is 0.0406. The van der Waals surface area contributed by atoms with E-state index in [1.807, 2.05) is 105 Å². The van der Waals surface area contributed by atoms with Crippen molar-refractivity contribution in [3.8, 4) is 0 Å². The predicted octanol–water partition coefficient (Wildman–Crippen LogP) is 6.95. The topological polar surface area (TPSA) is 203 Å². The van der Waals surface area contributed by atoms with Crippen molar-refractivity contribution in [2.45, 2.75) is 109 Å². The predicted molar refractivity (Wildman–Crippen MR) is 220 cm³/mol. The van der Waals surface area contributed by atoms with Crippen LogP contribution in [0.25, 0.3) is 0 Å². The number of aliphatic carboxylic acids is 1. The van der Waals surface area contributed by atoms with Gasteiger partial charge in [0.25, 0.3) is 0 Å². The molecule has 1 heterocycles. The maximum Gasteiger partial charge on any atom is 0.408 e. The Labute approximate surface area is 346 Å². The first kappa shape index (κ1) is 45.9. The van der Waals surface area contributed by atoms with Crippen LogP contribution in [-0.4, -0.2) is 76.8 Å². The lowest BCUT2D eigenvalue weighted by atomic mass is 9.77. The zero-order valence-electron chi connectivity index (χ0n) is 34.7. The molecular weight excluding hydrogens is 757 g/mol. The number of aromatic nitrogens is 2. The number of hydrogen-bond acceptors (Lipinski definition) is 10. The summed E-state index contributed by atoms with van der Waals surface area (Å²) in [5.74, 6) is -2.01. The molecule has 4 rings (SSSR count). The minimum atomic E-state index is -1.43. The number of hydrogen-bond donors (Lipinski definition) is 5. The summed E-state index contributed by atoms with van der Waals surface area (Å²) in [6.07, 6.45) is 1.17. The van der Waals surface area contributed by atoms with E-state index in [0.717, 1.165) is 36.0 Å². The molecule has 15 heteroatoms. The number of urea groups is 1. The van der Waals surface area contributed by atoms with Crippen molar-refractivity contribution in [2.75, 3.05) is 19.8 Å². The molecule has 15 nitrogen and oxygen atoms in total. The molecule has 0 aliphatic heterocycles. The molecule has 3 aromatic carbocycles. The summed E-state index contributed by atoms with van der Waals surface area (Å²) in [6.45, 7) is 11.4. The van der Waals surface area contributed by atoms with E-state index in [2.05, 4.69) is 31.4 Å². The van der Waals surface area contributed by atoms with E-state index in [1.54, 1.807) is 27.7 Å². The number of rotatable bonds is 22. The number of benzene rings is 3. The first-order chi connectivity index (χ1) is 28.3. The van der Waals surface area contributed by atoms with Gasteiger partial charge in [0.1, 0.15) is 23.2 Å². The van der Waals surface area contributed by atoms with Crippen LogP contribution in [0.4, 0.5) is 9.59 Å². The van der Waals surface area contributed by atoms with Gasteiger partial charge in [0.05, 0.1) is 19.1 Å². The monoisotopic (exact) mass is 814 g/mol. The van der Waals surface area contributed by atoms with Gasteiger partial charge in [-0.05, 0) is 57.2 Å². The van der Waals surface area contributed by atoms with Crippen molar-refractivity contribution < 1.29 is 43.0 Å². The number of carbonyl (C=O) groups is 4. The lowest BCUT2D eigenvalue weighted by molar-refractivity contribution is -0.143. The van der Waals surface area contributed by atoms with Crippen molar-refractivity contribution >= 4 is 24.0 Å². The van der Waals surface area contributed by atoms with E-state index in [0.29, 0.717) is 19.6 Å². The van der Waals surface area contributed by atoms with Crippen LogP contribution in [0.1, 0.15) is 114 Å². The fourth-order valence-electron chi connectivity index (χ4n) is 6.27. The zero-order valence-corrected chi connectivity index (χ0v) is 34.7. The molecule has 0 fully saturated rings. The molecule has 318 valence electrons. The molecule has 1 unspecified atom stereocenters. The fourth-order valence-corrected chi connectivity index (χ4v) is 6.27. The third-order valence-corrected chi connectivity index (χ3v) is 9.23. The van der Waals surface area contributed by atoms with Crippen molar-refractivity contribution in [3.63, 3.8) is 0 Å². The summed E-state index contributed by atoms with van der Waals surface area (Å²) >= 11 is 0. The van der Waals surface area contributed by atoms with Crippen molar-refractivity contribution in [1.29, 1.82) is 0 Å². The largest absolute Gasteiger partial charge is 0.480 e. The van der Waals surface area contributed by atoms with Crippen LogP contribution < -0.4 is 21.3 Å². The SMILES string of the molecule is CCCCOC[C@H](NC(=O)OC(C)(C)C)c1noc([C@H](CC(=O)NC(c2ccccc2)(c2ccccc2)c2ccccc2)NC(=O)N[C@H](C(=O)O)C(C)OCCCC)n1. The Bertz CT molecular complexity index is 1810. The highest BCUT2D eigenvalue weighted by Gasteiger charge is 2.39. The molecule has 0 saturated carbocycles. The molecule has 0 spiro atoms. The van der Waals surface area contributed by atoms with Gasteiger partial charge in [-0.3, -0.25) is 4.79 Å². The van der Waals surface area contributed by atoms with E-state index >= 15 is 0 Å². The van der Waals surface area contributed by atoms with Gasteiger partial charge in [0, 0.05) is 13.2 Å². The van der Waals surface area contributed by atoms with Crippen molar-refractivity contribution in [2.24, 2.45) is 0 Å². The van der Waals surface area contributed by atoms with Crippen LogP contribution in [0.15, 0.2) is 95.5 Å². The van der Waals surface area contributed by atoms with Gasteiger partial charge in [-0.1, -0.05) is 123 Å². The number of nitrogens with one attached hydrogen (secondary N) is 4. The Morgan fingerprint density at radius 1 is 0.763 bits per heavy atom. The number of carboxylic acid groups (broad SMARTS) is 1. The summed E-state index contributed by atoms with van der Waals surface area (Å²) in [7, 11) is 0. The summed E-state index contributed by atoms with van der Waals surface area (Å²) in [5, 5.41) is 25.3.